The third-order valence-corrected chi connectivity index (χ3v) is 5.26. The molecule has 0 atom stereocenters. The molecule has 35 heavy (non-hydrogen) atoms. The van der Waals surface area contributed by atoms with Gasteiger partial charge in [-0.05, 0) is 41.1 Å². The SMILES string of the molecule is N#Cc1ccn(-c2ncccn2)c1/N=N/c1cc2ccccc2c(C(=O)Nc2ccccc2)c1O. The molecule has 0 saturated carbocycles. The van der Waals surface area contributed by atoms with Crippen molar-refractivity contribution in [1.82, 2.24) is 14.5 Å². The standard InChI is InChI=1S/C26H17N7O2/c27-16-18-11-14-33(26-28-12-6-13-29-26)24(18)32-31-21-15-17-7-4-5-10-20(17)22(23(21)34)25(35)30-19-8-2-1-3-9-19/h1-15,34H,(H,30,35)/b32-31+. The molecule has 5 rings (SSSR count). The Kier molecular flexibility index (Phi) is 5.68. The smallest absolute Gasteiger partial charge is 0.260 e. The maximum absolute atomic E-state index is 13.2. The average Bonchev–Trinajstić information content (AvgIpc) is 3.31. The first-order valence-corrected chi connectivity index (χ1v) is 10.6. The van der Waals surface area contributed by atoms with Crippen molar-refractivity contribution in [3.63, 3.8) is 0 Å². The Morgan fingerprint density at radius 2 is 1.71 bits per heavy atom. The van der Waals surface area contributed by atoms with E-state index in [0.717, 1.165) is 0 Å². The number of phenols is 1. The number of azo groups is 1. The molecule has 2 heterocycles. The number of fused-ring (bicyclic) bond motifs is 1. The molecule has 0 saturated heterocycles. The monoisotopic (exact) mass is 459 g/mol. The Balaban J connectivity index is 1.60. The number of nitrogens with one attached hydrogen (secondary N) is 1. The molecule has 5 aromatic rings. The van der Waals surface area contributed by atoms with Gasteiger partial charge in [0.1, 0.15) is 11.8 Å². The van der Waals surface area contributed by atoms with Crippen LogP contribution in [0.15, 0.2) is 102 Å². The molecule has 0 fully saturated rings. The van der Waals surface area contributed by atoms with Crippen molar-refractivity contribution in [1.29, 1.82) is 5.26 Å². The van der Waals surface area contributed by atoms with E-state index in [1.165, 1.54) is 4.57 Å². The van der Waals surface area contributed by atoms with E-state index in [4.69, 9.17) is 0 Å². The van der Waals surface area contributed by atoms with Crippen LogP contribution in [-0.2, 0) is 0 Å². The molecule has 0 bridgehead atoms. The summed E-state index contributed by atoms with van der Waals surface area (Å²) in [6, 6.07) is 23.1. The maximum Gasteiger partial charge on any atom is 0.260 e. The van der Waals surface area contributed by atoms with Crippen LogP contribution >= 0.6 is 0 Å². The topological polar surface area (TPSA) is 129 Å². The summed E-state index contributed by atoms with van der Waals surface area (Å²) in [5, 5.41) is 33.1. The summed E-state index contributed by atoms with van der Waals surface area (Å²) in [4.78, 5) is 21.5. The maximum atomic E-state index is 13.2. The van der Waals surface area contributed by atoms with Gasteiger partial charge < -0.3 is 10.4 Å². The minimum Gasteiger partial charge on any atom is -0.505 e. The Hall–Kier alpha value is -5.36. The highest BCUT2D eigenvalue weighted by Gasteiger charge is 2.20. The summed E-state index contributed by atoms with van der Waals surface area (Å²) in [5.74, 6) is -0.302. The highest BCUT2D eigenvalue weighted by Crippen LogP contribution is 2.38. The molecule has 9 heteroatoms. The number of nitriles is 1. The number of para-hydroxylation sites is 1. The van der Waals surface area contributed by atoms with Crippen LogP contribution in [0.4, 0.5) is 17.2 Å². The quantitative estimate of drug-likeness (QED) is 0.327. The van der Waals surface area contributed by atoms with Crippen molar-refractivity contribution in [2.24, 2.45) is 10.2 Å². The third kappa shape index (κ3) is 4.19. The lowest BCUT2D eigenvalue weighted by Crippen LogP contribution is -2.12. The highest BCUT2D eigenvalue weighted by molar-refractivity contribution is 6.16. The van der Waals surface area contributed by atoms with Crippen molar-refractivity contribution in [3.8, 4) is 17.8 Å². The highest BCUT2D eigenvalue weighted by atomic mass is 16.3. The lowest BCUT2D eigenvalue weighted by Gasteiger charge is -2.12. The van der Waals surface area contributed by atoms with Crippen LogP contribution in [0.25, 0.3) is 16.7 Å². The van der Waals surface area contributed by atoms with E-state index in [0.29, 0.717) is 22.4 Å². The van der Waals surface area contributed by atoms with Gasteiger partial charge in [0.15, 0.2) is 11.6 Å². The second-order valence-corrected chi connectivity index (χ2v) is 7.44. The van der Waals surface area contributed by atoms with Gasteiger partial charge in [0.25, 0.3) is 5.91 Å². The third-order valence-electron chi connectivity index (χ3n) is 5.26. The molecule has 2 N–H and O–H groups in total. The number of anilines is 1. The molecule has 1 amide bonds. The van der Waals surface area contributed by atoms with Crippen molar-refractivity contribution >= 4 is 33.9 Å². The minimum absolute atomic E-state index is 0.0724. The number of hydrogen-bond donors (Lipinski definition) is 2. The number of aromatic nitrogens is 3. The number of amides is 1. The van der Waals surface area contributed by atoms with Gasteiger partial charge >= 0.3 is 0 Å². The largest absolute Gasteiger partial charge is 0.505 e. The number of carbonyl (C=O) groups is 1. The number of aromatic hydroxyl groups is 1. The van der Waals surface area contributed by atoms with E-state index in [-0.39, 0.29) is 28.4 Å². The van der Waals surface area contributed by atoms with Gasteiger partial charge in [0.05, 0.1) is 11.1 Å². The van der Waals surface area contributed by atoms with E-state index in [2.05, 4.69) is 31.6 Å². The van der Waals surface area contributed by atoms with E-state index in [1.54, 1.807) is 73.2 Å². The van der Waals surface area contributed by atoms with E-state index in [1.807, 2.05) is 18.2 Å². The molecule has 0 spiro atoms. The Bertz CT molecular complexity index is 1600. The fourth-order valence-electron chi connectivity index (χ4n) is 3.63. The predicted molar refractivity (Wildman–Crippen MR) is 130 cm³/mol. The first kappa shape index (κ1) is 21.5. The average molecular weight is 459 g/mol. The molecule has 0 aliphatic carbocycles. The zero-order valence-electron chi connectivity index (χ0n) is 18.2. The van der Waals surface area contributed by atoms with E-state index in [9.17, 15) is 15.2 Å². The van der Waals surface area contributed by atoms with Crippen LogP contribution in [0.3, 0.4) is 0 Å². The molecule has 0 radical (unpaired) electrons. The Labute approximate surface area is 199 Å². The summed E-state index contributed by atoms with van der Waals surface area (Å²) in [6.45, 7) is 0. The van der Waals surface area contributed by atoms with Crippen molar-refractivity contribution in [3.05, 3.63) is 103 Å². The van der Waals surface area contributed by atoms with Gasteiger partial charge in [-0.1, -0.05) is 42.5 Å². The molecule has 2 aromatic heterocycles. The molecular formula is C26H17N7O2. The number of benzene rings is 3. The van der Waals surface area contributed by atoms with Crippen molar-refractivity contribution < 1.29 is 9.90 Å². The van der Waals surface area contributed by atoms with Gasteiger partial charge in [-0.15, -0.1) is 10.2 Å². The first-order valence-electron chi connectivity index (χ1n) is 10.6. The minimum atomic E-state index is -0.485. The van der Waals surface area contributed by atoms with Crippen LogP contribution in [0, 0.1) is 11.3 Å². The summed E-state index contributed by atoms with van der Waals surface area (Å²) >= 11 is 0. The molecule has 0 aliphatic heterocycles. The van der Waals surface area contributed by atoms with Crippen LogP contribution < -0.4 is 5.32 Å². The molecule has 9 nitrogen and oxygen atoms in total. The molecule has 0 unspecified atom stereocenters. The predicted octanol–water partition coefficient (Wildman–Crippen LogP) is 5.67. The Morgan fingerprint density at radius 3 is 2.49 bits per heavy atom. The van der Waals surface area contributed by atoms with E-state index < -0.39 is 5.91 Å². The van der Waals surface area contributed by atoms with Crippen molar-refractivity contribution in [2.75, 3.05) is 5.32 Å². The van der Waals surface area contributed by atoms with Gasteiger partial charge in [0, 0.05) is 24.3 Å². The summed E-state index contributed by atoms with van der Waals surface area (Å²) in [5.41, 5.74) is 0.992. The van der Waals surface area contributed by atoms with Crippen LogP contribution in [0.2, 0.25) is 0 Å². The number of hydrogen-bond acceptors (Lipinski definition) is 7. The first-order chi connectivity index (χ1) is 17.2. The van der Waals surface area contributed by atoms with Gasteiger partial charge in [-0.25, -0.2) is 9.97 Å². The Morgan fingerprint density at radius 1 is 0.971 bits per heavy atom. The molecule has 0 aliphatic rings. The van der Waals surface area contributed by atoms with Gasteiger partial charge in [-0.3, -0.25) is 9.36 Å². The normalized spacial score (nSPS) is 10.9. The van der Waals surface area contributed by atoms with Crippen LogP contribution in [0.1, 0.15) is 15.9 Å². The van der Waals surface area contributed by atoms with Crippen molar-refractivity contribution in [2.45, 2.75) is 0 Å². The zero-order chi connectivity index (χ0) is 24.2. The number of carbonyl (C=O) groups excluding carboxylic acids is 1. The second-order valence-electron chi connectivity index (χ2n) is 7.44. The number of nitrogens with zero attached hydrogens (tertiary/aromatic N) is 6. The van der Waals surface area contributed by atoms with Crippen LogP contribution in [-0.4, -0.2) is 25.5 Å². The zero-order valence-corrected chi connectivity index (χ0v) is 18.2. The fraction of sp³-hybridized carbons (Fsp3) is 0. The molecule has 168 valence electrons. The van der Waals surface area contributed by atoms with Gasteiger partial charge in [0.2, 0.25) is 5.95 Å². The lowest BCUT2D eigenvalue weighted by atomic mass is 10.0. The van der Waals surface area contributed by atoms with Gasteiger partial charge in [-0.2, -0.15) is 5.26 Å². The molecule has 3 aromatic carbocycles. The molecular weight excluding hydrogens is 442 g/mol. The van der Waals surface area contributed by atoms with Crippen LogP contribution in [0.5, 0.6) is 5.75 Å². The summed E-state index contributed by atoms with van der Waals surface area (Å²) in [6.07, 6.45) is 4.76. The fourth-order valence-corrected chi connectivity index (χ4v) is 3.63. The van der Waals surface area contributed by atoms with E-state index >= 15 is 0 Å². The second kappa shape index (κ2) is 9.25. The lowest BCUT2D eigenvalue weighted by molar-refractivity contribution is 0.102. The summed E-state index contributed by atoms with van der Waals surface area (Å²) < 4.78 is 1.52. The summed E-state index contributed by atoms with van der Waals surface area (Å²) in [7, 11) is 0. The number of phenolic OH excluding ortho intramolecular Hbond substituents is 1. The number of rotatable bonds is 5.